The summed E-state index contributed by atoms with van der Waals surface area (Å²) in [6.07, 6.45) is 0.870. The van der Waals surface area contributed by atoms with Gasteiger partial charge in [-0.15, -0.1) is 12.4 Å². The number of ether oxygens (including phenoxy) is 3. The molecule has 0 aliphatic rings. The number of rotatable bonds is 9. The van der Waals surface area contributed by atoms with Gasteiger partial charge >= 0.3 is 0 Å². The smallest absolute Gasteiger partial charge is 0.237 e. The van der Waals surface area contributed by atoms with Gasteiger partial charge in [-0.1, -0.05) is 20.3 Å². The van der Waals surface area contributed by atoms with E-state index in [9.17, 15) is 4.79 Å². The first-order chi connectivity index (χ1) is 10.5. The number of hydrogen-bond donors (Lipinski definition) is 2. The van der Waals surface area contributed by atoms with Gasteiger partial charge in [0.2, 0.25) is 5.91 Å². The van der Waals surface area contributed by atoms with Crippen LogP contribution in [0.25, 0.3) is 0 Å². The van der Waals surface area contributed by atoms with Crippen LogP contribution in [-0.2, 0) is 4.79 Å². The zero-order chi connectivity index (χ0) is 16.5. The number of halogens is 1. The monoisotopic (exact) mass is 346 g/mol. The average molecular weight is 347 g/mol. The number of hydrogen-bond acceptors (Lipinski definition) is 5. The van der Waals surface area contributed by atoms with Gasteiger partial charge in [0.1, 0.15) is 23.9 Å². The maximum Gasteiger partial charge on any atom is 0.237 e. The van der Waals surface area contributed by atoms with E-state index in [1.165, 1.54) is 0 Å². The Morgan fingerprint density at radius 3 is 2.17 bits per heavy atom. The SMILES string of the molecule is CCC(C)C(N)C(=O)NCCOc1cc(OC)cc(OC)c1.Cl. The number of carbonyl (C=O) groups is 1. The van der Waals surface area contributed by atoms with Gasteiger partial charge in [-0.25, -0.2) is 0 Å². The maximum absolute atomic E-state index is 11.8. The third-order valence-corrected chi connectivity index (χ3v) is 3.55. The zero-order valence-electron chi connectivity index (χ0n) is 14.1. The van der Waals surface area contributed by atoms with E-state index in [1.807, 2.05) is 13.8 Å². The van der Waals surface area contributed by atoms with E-state index in [0.717, 1.165) is 6.42 Å². The molecule has 1 aromatic carbocycles. The number of benzene rings is 1. The summed E-state index contributed by atoms with van der Waals surface area (Å²) in [5, 5.41) is 2.77. The molecule has 0 aliphatic heterocycles. The van der Waals surface area contributed by atoms with Crippen molar-refractivity contribution in [1.82, 2.24) is 5.32 Å². The second-order valence-corrected chi connectivity index (χ2v) is 5.10. The molecule has 2 unspecified atom stereocenters. The lowest BCUT2D eigenvalue weighted by Crippen LogP contribution is -2.45. The Kier molecular flexibility index (Phi) is 10.2. The second kappa shape index (κ2) is 11.0. The molecule has 1 rings (SSSR count). The molecule has 0 radical (unpaired) electrons. The standard InChI is InChI=1S/C16H26N2O4.ClH/c1-5-11(2)15(17)16(19)18-6-7-22-14-9-12(20-3)8-13(10-14)21-4;/h8-11,15H,5-7,17H2,1-4H3,(H,18,19);1H. The lowest BCUT2D eigenvalue weighted by atomic mass is 9.99. The summed E-state index contributed by atoms with van der Waals surface area (Å²) >= 11 is 0. The molecule has 0 heterocycles. The van der Waals surface area contributed by atoms with Crippen LogP contribution >= 0.6 is 12.4 Å². The van der Waals surface area contributed by atoms with Crippen molar-refractivity contribution in [3.8, 4) is 17.2 Å². The van der Waals surface area contributed by atoms with Crippen LogP contribution in [0.1, 0.15) is 20.3 Å². The van der Waals surface area contributed by atoms with Crippen LogP contribution in [0.4, 0.5) is 0 Å². The van der Waals surface area contributed by atoms with E-state index in [1.54, 1.807) is 32.4 Å². The van der Waals surface area contributed by atoms with Crippen molar-refractivity contribution in [2.45, 2.75) is 26.3 Å². The van der Waals surface area contributed by atoms with E-state index < -0.39 is 6.04 Å². The largest absolute Gasteiger partial charge is 0.496 e. The molecule has 0 bridgehead atoms. The summed E-state index contributed by atoms with van der Waals surface area (Å²) < 4.78 is 15.9. The van der Waals surface area contributed by atoms with E-state index in [4.69, 9.17) is 19.9 Å². The molecule has 2 atom stereocenters. The minimum Gasteiger partial charge on any atom is -0.496 e. The fourth-order valence-electron chi connectivity index (χ4n) is 1.84. The summed E-state index contributed by atoms with van der Waals surface area (Å²) in [6, 6.07) is 4.80. The lowest BCUT2D eigenvalue weighted by Gasteiger charge is -2.17. The molecule has 1 amide bonds. The molecule has 23 heavy (non-hydrogen) atoms. The minimum absolute atomic E-state index is 0. The average Bonchev–Trinajstić information content (AvgIpc) is 2.56. The van der Waals surface area contributed by atoms with Gasteiger partial charge in [-0.3, -0.25) is 4.79 Å². The first kappa shape index (κ1) is 21.3. The lowest BCUT2D eigenvalue weighted by molar-refractivity contribution is -0.123. The Labute approximate surface area is 144 Å². The van der Waals surface area contributed by atoms with Crippen molar-refractivity contribution >= 4 is 18.3 Å². The Morgan fingerprint density at radius 1 is 1.17 bits per heavy atom. The van der Waals surface area contributed by atoms with Crippen molar-refractivity contribution in [3.05, 3.63) is 18.2 Å². The van der Waals surface area contributed by atoms with E-state index in [-0.39, 0.29) is 24.2 Å². The summed E-state index contributed by atoms with van der Waals surface area (Å²) in [5.74, 6) is 1.93. The number of amides is 1. The van der Waals surface area contributed by atoms with E-state index >= 15 is 0 Å². The Morgan fingerprint density at radius 2 is 1.70 bits per heavy atom. The second-order valence-electron chi connectivity index (χ2n) is 5.10. The normalized spacial score (nSPS) is 12.6. The number of methoxy groups -OCH3 is 2. The minimum atomic E-state index is -0.484. The zero-order valence-corrected chi connectivity index (χ0v) is 14.9. The molecule has 1 aromatic rings. The summed E-state index contributed by atoms with van der Waals surface area (Å²) in [7, 11) is 3.16. The third kappa shape index (κ3) is 6.97. The van der Waals surface area contributed by atoms with Crippen molar-refractivity contribution in [3.63, 3.8) is 0 Å². The van der Waals surface area contributed by atoms with Gasteiger partial charge in [-0.05, 0) is 5.92 Å². The van der Waals surface area contributed by atoms with Crippen molar-refractivity contribution in [1.29, 1.82) is 0 Å². The van der Waals surface area contributed by atoms with E-state index in [2.05, 4.69) is 5.32 Å². The topological polar surface area (TPSA) is 82.8 Å². The molecule has 6 nitrogen and oxygen atoms in total. The highest BCUT2D eigenvalue weighted by atomic mass is 35.5. The van der Waals surface area contributed by atoms with Crippen LogP contribution in [0.2, 0.25) is 0 Å². The van der Waals surface area contributed by atoms with Crippen LogP contribution in [0, 0.1) is 5.92 Å². The molecular formula is C16H27ClN2O4. The molecule has 0 fully saturated rings. The van der Waals surface area contributed by atoms with Crippen LogP contribution in [-0.4, -0.2) is 39.3 Å². The highest BCUT2D eigenvalue weighted by Crippen LogP contribution is 2.27. The third-order valence-electron chi connectivity index (χ3n) is 3.55. The first-order valence-corrected chi connectivity index (χ1v) is 7.41. The van der Waals surface area contributed by atoms with Crippen LogP contribution in [0.5, 0.6) is 17.2 Å². The molecule has 0 aromatic heterocycles. The predicted molar refractivity (Wildman–Crippen MR) is 92.7 cm³/mol. The molecule has 0 saturated heterocycles. The van der Waals surface area contributed by atoms with Gasteiger partial charge in [0.05, 0.1) is 26.8 Å². The van der Waals surface area contributed by atoms with Crippen LogP contribution < -0.4 is 25.3 Å². The van der Waals surface area contributed by atoms with E-state index in [0.29, 0.717) is 30.4 Å². The maximum atomic E-state index is 11.8. The number of carbonyl (C=O) groups excluding carboxylic acids is 1. The summed E-state index contributed by atoms with van der Waals surface area (Å²) in [6.45, 7) is 4.71. The van der Waals surface area contributed by atoms with Crippen molar-refractivity contribution < 1.29 is 19.0 Å². The van der Waals surface area contributed by atoms with Crippen molar-refractivity contribution in [2.75, 3.05) is 27.4 Å². The van der Waals surface area contributed by atoms with Gasteiger partial charge in [0.15, 0.2) is 0 Å². The molecule has 3 N–H and O–H groups in total. The van der Waals surface area contributed by atoms with Gasteiger partial charge in [0.25, 0.3) is 0 Å². The number of nitrogens with two attached hydrogens (primary N) is 1. The highest BCUT2D eigenvalue weighted by molar-refractivity contribution is 5.85. The van der Waals surface area contributed by atoms with Crippen LogP contribution in [0.3, 0.4) is 0 Å². The van der Waals surface area contributed by atoms with Gasteiger partial charge < -0.3 is 25.3 Å². The molecule has 0 saturated carbocycles. The Balaban J connectivity index is 0.00000484. The highest BCUT2D eigenvalue weighted by Gasteiger charge is 2.18. The molecular weight excluding hydrogens is 320 g/mol. The molecule has 0 aliphatic carbocycles. The van der Waals surface area contributed by atoms with Crippen molar-refractivity contribution in [2.24, 2.45) is 11.7 Å². The molecule has 7 heteroatoms. The summed E-state index contributed by atoms with van der Waals surface area (Å²) in [5.41, 5.74) is 5.85. The molecule has 0 spiro atoms. The van der Waals surface area contributed by atoms with Gasteiger partial charge in [0, 0.05) is 18.2 Å². The Bertz CT molecular complexity index is 463. The predicted octanol–water partition coefficient (Wildman–Crippen LogP) is 1.99. The molecule has 132 valence electrons. The number of nitrogens with one attached hydrogen (secondary N) is 1. The summed E-state index contributed by atoms with van der Waals surface area (Å²) in [4.78, 5) is 11.8. The first-order valence-electron chi connectivity index (χ1n) is 7.41. The van der Waals surface area contributed by atoms with Crippen LogP contribution in [0.15, 0.2) is 18.2 Å². The fraction of sp³-hybridized carbons (Fsp3) is 0.562. The fourth-order valence-corrected chi connectivity index (χ4v) is 1.84. The Hall–Kier alpha value is -1.66. The van der Waals surface area contributed by atoms with Gasteiger partial charge in [-0.2, -0.15) is 0 Å². The quantitative estimate of drug-likeness (QED) is 0.668.